The first-order valence-electron chi connectivity index (χ1n) is 10.2. The van der Waals surface area contributed by atoms with Crippen LogP contribution >= 0.6 is 23.1 Å². The molecule has 0 radical (unpaired) electrons. The zero-order valence-electron chi connectivity index (χ0n) is 18.1. The fourth-order valence-electron chi connectivity index (χ4n) is 3.77. The van der Waals surface area contributed by atoms with Crippen LogP contribution in [-0.2, 0) is 12.8 Å². The normalized spacial score (nSPS) is 11.5. The molecule has 0 aliphatic heterocycles. The molecule has 0 bridgehead atoms. The third-order valence-corrected chi connectivity index (χ3v) is 7.68. The van der Waals surface area contributed by atoms with Gasteiger partial charge in [0.15, 0.2) is 5.16 Å². The van der Waals surface area contributed by atoms with E-state index in [0.717, 1.165) is 33.2 Å². The van der Waals surface area contributed by atoms with Gasteiger partial charge in [-0.2, -0.15) is 0 Å². The van der Waals surface area contributed by atoms with Gasteiger partial charge in [0.25, 0.3) is 5.56 Å². The molecule has 0 spiro atoms. The molecule has 0 saturated heterocycles. The summed E-state index contributed by atoms with van der Waals surface area (Å²) in [6.07, 6.45) is 0. The van der Waals surface area contributed by atoms with Crippen LogP contribution in [0.3, 0.4) is 0 Å². The summed E-state index contributed by atoms with van der Waals surface area (Å²) >= 11 is 2.78. The predicted molar refractivity (Wildman–Crippen MR) is 132 cm³/mol. The molecule has 3 aromatic heterocycles. The molecule has 0 fully saturated rings. The fourth-order valence-corrected chi connectivity index (χ4v) is 5.72. The number of aromatic nitrogens is 2. The van der Waals surface area contributed by atoms with E-state index in [1.54, 1.807) is 19.2 Å². The van der Waals surface area contributed by atoms with Crippen LogP contribution in [0.5, 0.6) is 0 Å². The molecule has 0 amide bonds. The summed E-state index contributed by atoms with van der Waals surface area (Å²) in [6, 6.07) is 11.5. The Bertz CT molecular complexity index is 1650. The standard InChI is InChI=1S/C25H19FN2O3S2/c1-13-8-18-16(10-21(29)31-20(18)9-14(13)2)11-33-25-27-23-22(24(30)28(25)3)19(12-32-23)15-4-6-17(26)7-5-15/h4-10,12H,11H2,1-3H3. The first-order valence-corrected chi connectivity index (χ1v) is 12.1. The minimum atomic E-state index is -0.402. The van der Waals surface area contributed by atoms with Gasteiger partial charge in [0, 0.05) is 35.2 Å². The van der Waals surface area contributed by atoms with Crippen LogP contribution in [0.4, 0.5) is 4.39 Å². The van der Waals surface area contributed by atoms with E-state index in [1.165, 1.54) is 45.9 Å². The smallest absolute Gasteiger partial charge is 0.336 e. The number of rotatable bonds is 4. The van der Waals surface area contributed by atoms with Gasteiger partial charge in [-0.15, -0.1) is 11.3 Å². The van der Waals surface area contributed by atoms with Gasteiger partial charge in [0.1, 0.15) is 16.2 Å². The number of benzene rings is 2. The van der Waals surface area contributed by atoms with Crippen LogP contribution < -0.4 is 11.2 Å². The quantitative estimate of drug-likeness (QED) is 0.185. The van der Waals surface area contributed by atoms with Crippen molar-refractivity contribution in [3.05, 3.63) is 91.1 Å². The number of hydrogen-bond acceptors (Lipinski definition) is 6. The maximum atomic E-state index is 13.3. The Kier molecular flexibility index (Phi) is 5.42. The summed E-state index contributed by atoms with van der Waals surface area (Å²) in [4.78, 5) is 30.7. The van der Waals surface area contributed by atoms with Gasteiger partial charge in [0.05, 0.1) is 5.39 Å². The Morgan fingerprint density at radius 3 is 2.58 bits per heavy atom. The highest BCUT2D eigenvalue weighted by Gasteiger charge is 2.17. The monoisotopic (exact) mass is 478 g/mol. The summed E-state index contributed by atoms with van der Waals surface area (Å²) in [6.45, 7) is 4.00. The van der Waals surface area contributed by atoms with E-state index in [9.17, 15) is 14.0 Å². The lowest BCUT2D eigenvalue weighted by molar-refractivity contribution is 0.559. The second-order valence-electron chi connectivity index (χ2n) is 7.91. The molecular formula is C25H19FN2O3S2. The molecule has 5 rings (SSSR count). The Balaban J connectivity index is 1.54. The molecule has 0 saturated carbocycles. The molecule has 2 aromatic carbocycles. The van der Waals surface area contributed by atoms with Crippen LogP contribution in [0, 0.1) is 19.7 Å². The van der Waals surface area contributed by atoms with E-state index in [4.69, 9.17) is 9.40 Å². The number of nitrogens with zero attached hydrogens (tertiary/aromatic N) is 2. The van der Waals surface area contributed by atoms with Crippen LogP contribution in [0.1, 0.15) is 16.7 Å². The highest BCUT2D eigenvalue weighted by molar-refractivity contribution is 7.98. The Labute approximate surface area is 196 Å². The Hall–Kier alpha value is -3.23. The number of thioether (sulfide) groups is 1. The predicted octanol–water partition coefficient (Wildman–Crippen LogP) is 5.82. The average Bonchev–Trinajstić information content (AvgIpc) is 3.21. The molecule has 5 nitrogen and oxygen atoms in total. The molecule has 0 aliphatic rings. The van der Waals surface area contributed by atoms with Gasteiger partial charge in [-0.25, -0.2) is 14.2 Å². The van der Waals surface area contributed by atoms with Crippen LogP contribution in [0.2, 0.25) is 0 Å². The average molecular weight is 479 g/mol. The molecule has 0 aliphatic carbocycles. The third kappa shape index (κ3) is 3.89. The van der Waals surface area contributed by atoms with E-state index < -0.39 is 5.63 Å². The van der Waals surface area contributed by atoms with Gasteiger partial charge in [-0.05, 0) is 60.4 Å². The van der Waals surface area contributed by atoms with E-state index in [1.807, 2.05) is 31.4 Å². The van der Waals surface area contributed by atoms with Crippen molar-refractivity contribution in [2.24, 2.45) is 7.05 Å². The van der Waals surface area contributed by atoms with Crippen molar-refractivity contribution in [1.29, 1.82) is 0 Å². The lowest BCUT2D eigenvalue weighted by Crippen LogP contribution is -2.19. The molecule has 3 heterocycles. The zero-order chi connectivity index (χ0) is 23.3. The Morgan fingerprint density at radius 2 is 1.82 bits per heavy atom. The SMILES string of the molecule is Cc1cc2oc(=O)cc(CSc3nc4scc(-c5ccc(F)cc5)c4c(=O)n3C)c2cc1C. The van der Waals surface area contributed by atoms with E-state index in [2.05, 4.69) is 0 Å². The molecule has 5 aromatic rings. The number of aryl methyl sites for hydroxylation is 2. The van der Waals surface area contributed by atoms with Crippen molar-refractivity contribution >= 4 is 44.3 Å². The summed E-state index contributed by atoms with van der Waals surface area (Å²) in [7, 11) is 1.69. The van der Waals surface area contributed by atoms with Crippen molar-refractivity contribution in [3.63, 3.8) is 0 Å². The van der Waals surface area contributed by atoms with Gasteiger partial charge in [0.2, 0.25) is 0 Å². The van der Waals surface area contributed by atoms with Gasteiger partial charge in [-0.1, -0.05) is 23.9 Å². The maximum absolute atomic E-state index is 13.3. The third-order valence-electron chi connectivity index (χ3n) is 5.73. The van der Waals surface area contributed by atoms with E-state index in [-0.39, 0.29) is 11.4 Å². The second kappa shape index (κ2) is 8.28. The number of hydrogen-bond donors (Lipinski definition) is 0. The number of fused-ring (bicyclic) bond motifs is 2. The van der Waals surface area contributed by atoms with Gasteiger partial charge < -0.3 is 4.42 Å². The largest absolute Gasteiger partial charge is 0.423 e. The van der Waals surface area contributed by atoms with Crippen molar-refractivity contribution in [2.45, 2.75) is 24.8 Å². The first-order chi connectivity index (χ1) is 15.8. The minimum absolute atomic E-state index is 0.160. The molecule has 0 atom stereocenters. The van der Waals surface area contributed by atoms with Crippen molar-refractivity contribution in [1.82, 2.24) is 9.55 Å². The van der Waals surface area contributed by atoms with Crippen molar-refractivity contribution in [2.75, 3.05) is 0 Å². The molecule has 166 valence electrons. The molecule has 8 heteroatoms. The van der Waals surface area contributed by atoms with Crippen LogP contribution in [-0.4, -0.2) is 9.55 Å². The molecular weight excluding hydrogens is 459 g/mol. The number of halogens is 1. The fraction of sp³-hybridized carbons (Fsp3) is 0.160. The highest BCUT2D eigenvalue weighted by atomic mass is 32.2. The summed E-state index contributed by atoms with van der Waals surface area (Å²) in [5, 5.41) is 3.84. The molecule has 0 N–H and O–H groups in total. The highest BCUT2D eigenvalue weighted by Crippen LogP contribution is 2.33. The summed E-state index contributed by atoms with van der Waals surface area (Å²) in [5.41, 5.74) is 4.52. The van der Waals surface area contributed by atoms with E-state index >= 15 is 0 Å². The Morgan fingerprint density at radius 1 is 1.09 bits per heavy atom. The number of thiophene rings is 1. The molecule has 0 unspecified atom stereocenters. The lowest BCUT2D eigenvalue weighted by atomic mass is 10.0. The lowest BCUT2D eigenvalue weighted by Gasteiger charge is -2.10. The minimum Gasteiger partial charge on any atom is -0.423 e. The van der Waals surface area contributed by atoms with Crippen molar-refractivity contribution < 1.29 is 8.81 Å². The van der Waals surface area contributed by atoms with Crippen molar-refractivity contribution in [3.8, 4) is 11.1 Å². The first kappa shape index (κ1) is 21.6. The van der Waals surface area contributed by atoms with Crippen LogP contribution in [0.15, 0.2) is 67.0 Å². The van der Waals surface area contributed by atoms with Gasteiger partial charge in [-0.3, -0.25) is 9.36 Å². The summed E-state index contributed by atoms with van der Waals surface area (Å²) < 4.78 is 20.2. The van der Waals surface area contributed by atoms with Crippen LogP contribution in [0.25, 0.3) is 32.3 Å². The topological polar surface area (TPSA) is 65.1 Å². The summed E-state index contributed by atoms with van der Waals surface area (Å²) in [5.74, 6) is 0.142. The maximum Gasteiger partial charge on any atom is 0.336 e. The van der Waals surface area contributed by atoms with E-state index in [0.29, 0.717) is 26.7 Å². The van der Waals surface area contributed by atoms with Gasteiger partial charge >= 0.3 is 5.63 Å². The zero-order valence-corrected chi connectivity index (χ0v) is 19.8. The second-order valence-corrected chi connectivity index (χ2v) is 9.71. The molecule has 33 heavy (non-hydrogen) atoms.